The minimum absolute atomic E-state index is 0.0758. The normalized spacial score (nSPS) is 19.4. The molecule has 1 aliphatic rings. The lowest BCUT2D eigenvalue weighted by Gasteiger charge is -2.26. The van der Waals surface area contributed by atoms with E-state index in [0.29, 0.717) is 18.7 Å². The molecule has 1 unspecified atom stereocenters. The number of nitrogens with zero attached hydrogens (tertiary/aromatic N) is 1. The molecule has 0 aliphatic carbocycles. The van der Waals surface area contributed by atoms with E-state index in [1.807, 2.05) is 30.3 Å². The minimum atomic E-state index is -0.884. The van der Waals surface area contributed by atoms with Crippen LogP contribution in [0.4, 0.5) is 0 Å². The fourth-order valence-electron chi connectivity index (χ4n) is 2.41. The quantitative estimate of drug-likeness (QED) is 0.867. The van der Waals surface area contributed by atoms with Crippen LogP contribution < -0.4 is 0 Å². The van der Waals surface area contributed by atoms with Crippen LogP contribution in [0, 0.1) is 0 Å². The Morgan fingerprint density at radius 1 is 1.20 bits per heavy atom. The number of likely N-dealkylation sites (tertiary alicyclic amines) is 1. The fourth-order valence-corrected chi connectivity index (χ4v) is 3.21. The highest BCUT2D eigenvalue weighted by atomic mass is 32.2. The summed E-state index contributed by atoms with van der Waals surface area (Å²) < 4.78 is 0. The van der Waals surface area contributed by atoms with Crippen LogP contribution >= 0.6 is 11.8 Å². The first-order valence-corrected chi connectivity index (χ1v) is 7.87. The van der Waals surface area contributed by atoms with E-state index in [4.69, 9.17) is 0 Å². The first kappa shape index (κ1) is 14.9. The lowest BCUT2D eigenvalue weighted by atomic mass is 10.1. The first-order chi connectivity index (χ1) is 9.68. The highest BCUT2D eigenvalue weighted by Gasteiger charge is 2.30. The fraction of sp³-hybridized carbons (Fsp3) is 0.467. The van der Waals surface area contributed by atoms with Gasteiger partial charge in [0.05, 0.1) is 5.75 Å². The molecular weight excluding hydrogens is 274 g/mol. The van der Waals surface area contributed by atoms with Crippen LogP contribution in [-0.2, 0) is 9.59 Å². The van der Waals surface area contributed by atoms with Crippen LogP contribution in [0.25, 0.3) is 0 Å². The van der Waals surface area contributed by atoms with Gasteiger partial charge in [0, 0.05) is 11.4 Å². The van der Waals surface area contributed by atoms with Gasteiger partial charge >= 0.3 is 5.97 Å². The molecule has 5 heteroatoms. The molecule has 108 valence electrons. The van der Waals surface area contributed by atoms with Gasteiger partial charge in [0.2, 0.25) is 5.91 Å². The molecule has 1 N–H and O–H groups in total. The van der Waals surface area contributed by atoms with Crippen molar-refractivity contribution in [2.75, 3.05) is 12.3 Å². The summed E-state index contributed by atoms with van der Waals surface area (Å²) in [5, 5.41) is 9.27. The number of aliphatic carboxylic acids is 1. The second-order valence-corrected chi connectivity index (χ2v) is 5.94. The lowest BCUT2D eigenvalue weighted by Crippen LogP contribution is -2.45. The molecule has 0 radical (unpaired) electrons. The standard InChI is InChI=1S/C15H19NO3S/c17-14(11-20-12-7-3-1-4-8-12)16-10-6-2-5-9-13(16)15(18)19/h1,3-4,7-8,13H,2,5-6,9-11H2,(H,18,19). The van der Waals surface area contributed by atoms with Gasteiger partial charge in [-0.05, 0) is 25.0 Å². The summed E-state index contributed by atoms with van der Waals surface area (Å²) in [7, 11) is 0. The molecular formula is C15H19NO3S. The SMILES string of the molecule is O=C(O)C1CCCCCN1C(=O)CSc1ccccc1. The van der Waals surface area contributed by atoms with Crippen molar-refractivity contribution >= 4 is 23.6 Å². The van der Waals surface area contributed by atoms with Crippen molar-refractivity contribution in [3.8, 4) is 0 Å². The van der Waals surface area contributed by atoms with Crippen molar-refractivity contribution in [2.45, 2.75) is 36.6 Å². The van der Waals surface area contributed by atoms with Crippen LogP contribution in [0.5, 0.6) is 0 Å². The number of carbonyl (C=O) groups is 2. The third-order valence-corrected chi connectivity index (χ3v) is 4.46. The van der Waals surface area contributed by atoms with Crippen LogP contribution in [0.15, 0.2) is 35.2 Å². The van der Waals surface area contributed by atoms with Gasteiger partial charge in [0.25, 0.3) is 0 Å². The number of benzene rings is 1. The Kier molecular flexibility index (Phi) is 5.47. The molecule has 0 bridgehead atoms. The molecule has 4 nitrogen and oxygen atoms in total. The summed E-state index contributed by atoms with van der Waals surface area (Å²) in [6.45, 7) is 0.561. The van der Waals surface area contributed by atoms with E-state index in [0.717, 1.165) is 24.2 Å². The number of carboxylic acid groups (broad SMARTS) is 1. The van der Waals surface area contributed by atoms with E-state index in [-0.39, 0.29) is 5.91 Å². The molecule has 1 aromatic rings. The van der Waals surface area contributed by atoms with Crippen molar-refractivity contribution < 1.29 is 14.7 Å². The topological polar surface area (TPSA) is 57.6 Å². The number of hydrogen-bond donors (Lipinski definition) is 1. The molecule has 1 aliphatic heterocycles. The third-order valence-electron chi connectivity index (χ3n) is 3.46. The number of amides is 1. The predicted molar refractivity (Wildman–Crippen MR) is 78.8 cm³/mol. The third kappa shape index (κ3) is 4.00. The summed E-state index contributed by atoms with van der Waals surface area (Å²) in [4.78, 5) is 26.2. The number of carbonyl (C=O) groups excluding carboxylic acids is 1. The molecule has 0 aromatic heterocycles. The van der Waals surface area contributed by atoms with E-state index >= 15 is 0 Å². The Labute approximate surface area is 123 Å². The molecule has 1 heterocycles. The average Bonchev–Trinajstić information content (AvgIpc) is 2.71. The smallest absolute Gasteiger partial charge is 0.326 e. The van der Waals surface area contributed by atoms with E-state index in [1.165, 1.54) is 11.8 Å². The number of rotatable bonds is 4. The summed E-state index contributed by atoms with van der Waals surface area (Å²) in [6.07, 6.45) is 3.34. The van der Waals surface area contributed by atoms with Crippen molar-refractivity contribution in [1.29, 1.82) is 0 Å². The molecule has 1 amide bonds. The second-order valence-electron chi connectivity index (χ2n) is 4.89. The summed E-state index contributed by atoms with van der Waals surface area (Å²) in [5.41, 5.74) is 0. The van der Waals surface area contributed by atoms with Crippen LogP contribution in [0.2, 0.25) is 0 Å². The Balaban J connectivity index is 1.96. The van der Waals surface area contributed by atoms with Crippen LogP contribution in [-0.4, -0.2) is 40.2 Å². The Morgan fingerprint density at radius 2 is 1.95 bits per heavy atom. The Hall–Kier alpha value is -1.49. The number of thioether (sulfide) groups is 1. The predicted octanol–water partition coefficient (Wildman–Crippen LogP) is 2.63. The van der Waals surface area contributed by atoms with Crippen molar-refractivity contribution in [3.05, 3.63) is 30.3 Å². The van der Waals surface area contributed by atoms with Gasteiger partial charge in [-0.15, -0.1) is 11.8 Å². The molecule has 1 fully saturated rings. The summed E-state index contributed by atoms with van der Waals surface area (Å²) >= 11 is 1.46. The van der Waals surface area contributed by atoms with Crippen LogP contribution in [0.3, 0.4) is 0 Å². The molecule has 1 aromatic carbocycles. The molecule has 0 saturated carbocycles. The monoisotopic (exact) mass is 293 g/mol. The van der Waals surface area contributed by atoms with Crippen molar-refractivity contribution in [1.82, 2.24) is 4.90 Å². The Morgan fingerprint density at radius 3 is 2.65 bits per heavy atom. The van der Waals surface area contributed by atoms with E-state index in [9.17, 15) is 14.7 Å². The zero-order valence-electron chi connectivity index (χ0n) is 11.3. The van der Waals surface area contributed by atoms with Crippen molar-refractivity contribution in [2.24, 2.45) is 0 Å². The molecule has 1 atom stereocenters. The molecule has 2 rings (SSSR count). The maximum Gasteiger partial charge on any atom is 0.326 e. The average molecular weight is 293 g/mol. The van der Waals surface area contributed by atoms with Gasteiger partial charge < -0.3 is 10.0 Å². The zero-order valence-corrected chi connectivity index (χ0v) is 12.1. The van der Waals surface area contributed by atoms with Gasteiger partial charge in [-0.2, -0.15) is 0 Å². The highest BCUT2D eigenvalue weighted by molar-refractivity contribution is 8.00. The molecule has 0 spiro atoms. The summed E-state index contributed by atoms with van der Waals surface area (Å²) in [6, 6.07) is 9.05. The second kappa shape index (κ2) is 7.33. The van der Waals surface area contributed by atoms with Gasteiger partial charge in [0.15, 0.2) is 0 Å². The molecule has 1 saturated heterocycles. The van der Waals surface area contributed by atoms with Gasteiger partial charge in [-0.25, -0.2) is 4.79 Å². The molecule has 20 heavy (non-hydrogen) atoms. The Bertz CT molecular complexity index is 463. The maximum atomic E-state index is 12.3. The van der Waals surface area contributed by atoms with E-state index in [1.54, 1.807) is 4.90 Å². The zero-order chi connectivity index (χ0) is 14.4. The first-order valence-electron chi connectivity index (χ1n) is 6.88. The number of carboxylic acids is 1. The highest BCUT2D eigenvalue weighted by Crippen LogP contribution is 2.21. The van der Waals surface area contributed by atoms with E-state index in [2.05, 4.69) is 0 Å². The van der Waals surface area contributed by atoms with E-state index < -0.39 is 12.0 Å². The van der Waals surface area contributed by atoms with Gasteiger partial charge in [0.1, 0.15) is 6.04 Å². The van der Waals surface area contributed by atoms with Crippen LogP contribution in [0.1, 0.15) is 25.7 Å². The largest absolute Gasteiger partial charge is 0.480 e. The number of hydrogen-bond acceptors (Lipinski definition) is 3. The van der Waals surface area contributed by atoms with Gasteiger partial charge in [-0.3, -0.25) is 4.79 Å². The van der Waals surface area contributed by atoms with Crippen molar-refractivity contribution in [3.63, 3.8) is 0 Å². The van der Waals surface area contributed by atoms with Gasteiger partial charge in [-0.1, -0.05) is 31.0 Å². The maximum absolute atomic E-state index is 12.3. The minimum Gasteiger partial charge on any atom is -0.480 e. The summed E-state index contributed by atoms with van der Waals surface area (Å²) in [5.74, 6) is -0.661. The lowest BCUT2D eigenvalue weighted by molar-refractivity contribution is -0.149.